The van der Waals surface area contributed by atoms with Crippen LogP contribution in [0.3, 0.4) is 0 Å². The number of rotatable bonds is 8. The molecule has 0 saturated carbocycles. The van der Waals surface area contributed by atoms with Gasteiger partial charge in [0.25, 0.3) is 0 Å². The van der Waals surface area contributed by atoms with Crippen LogP contribution < -0.4 is 15.4 Å². The normalized spacial score (nSPS) is 12.9. The monoisotopic (exact) mass is 342 g/mol. The average Bonchev–Trinajstić information content (AvgIpc) is 2.65. The van der Waals surface area contributed by atoms with E-state index in [1.165, 1.54) is 0 Å². The van der Waals surface area contributed by atoms with Crippen molar-refractivity contribution in [3.05, 3.63) is 65.7 Å². The van der Waals surface area contributed by atoms with Crippen molar-refractivity contribution in [1.82, 2.24) is 10.6 Å². The minimum Gasteiger partial charge on any atom is -0.496 e. The van der Waals surface area contributed by atoms with E-state index < -0.39 is 6.10 Å². The highest BCUT2D eigenvalue weighted by atomic mass is 16.5. The fourth-order valence-corrected chi connectivity index (χ4v) is 2.72. The van der Waals surface area contributed by atoms with E-state index in [0.29, 0.717) is 12.2 Å². The predicted octanol–water partition coefficient (Wildman–Crippen LogP) is 3.24. The lowest BCUT2D eigenvalue weighted by atomic mass is 9.98. The third-order valence-electron chi connectivity index (χ3n) is 3.98. The highest BCUT2D eigenvalue weighted by Crippen LogP contribution is 2.29. The summed E-state index contributed by atoms with van der Waals surface area (Å²) in [4.78, 5) is 12.3. The zero-order chi connectivity index (χ0) is 18.1. The number of para-hydroxylation sites is 1. The number of benzene rings is 2. The van der Waals surface area contributed by atoms with Gasteiger partial charge in [-0.25, -0.2) is 4.79 Å². The number of amides is 2. The van der Waals surface area contributed by atoms with Crippen molar-refractivity contribution >= 4 is 6.03 Å². The Hall–Kier alpha value is -2.53. The molecule has 25 heavy (non-hydrogen) atoms. The van der Waals surface area contributed by atoms with Crippen LogP contribution in [0.25, 0.3) is 0 Å². The number of methoxy groups -OCH3 is 1. The van der Waals surface area contributed by atoms with Gasteiger partial charge in [-0.05, 0) is 18.1 Å². The van der Waals surface area contributed by atoms with E-state index in [1.54, 1.807) is 7.11 Å². The first-order valence-corrected chi connectivity index (χ1v) is 8.56. The van der Waals surface area contributed by atoms with E-state index in [4.69, 9.17) is 4.74 Å². The maximum Gasteiger partial charge on any atom is 0.315 e. The van der Waals surface area contributed by atoms with Gasteiger partial charge in [0.2, 0.25) is 0 Å². The molecule has 0 fully saturated rings. The molecule has 5 heteroatoms. The second kappa shape index (κ2) is 9.69. The molecule has 0 aliphatic rings. The number of hydrogen-bond donors (Lipinski definition) is 3. The second-order valence-electron chi connectivity index (χ2n) is 5.88. The number of ether oxygens (including phenoxy) is 1. The van der Waals surface area contributed by atoms with Crippen LogP contribution in [0.4, 0.5) is 4.79 Å². The summed E-state index contributed by atoms with van der Waals surface area (Å²) in [6.07, 6.45) is 1.00. The Bertz CT molecular complexity index is 661. The van der Waals surface area contributed by atoms with E-state index in [9.17, 15) is 9.90 Å². The topological polar surface area (TPSA) is 70.6 Å². The lowest BCUT2D eigenvalue weighted by Gasteiger charge is -2.22. The second-order valence-corrected chi connectivity index (χ2v) is 5.88. The molecule has 0 aliphatic carbocycles. The molecule has 0 aromatic heterocycles. The van der Waals surface area contributed by atoms with Crippen LogP contribution in [-0.2, 0) is 0 Å². The van der Waals surface area contributed by atoms with Gasteiger partial charge in [0.05, 0.1) is 19.3 Å². The Morgan fingerprint density at radius 1 is 1.12 bits per heavy atom. The molecule has 2 unspecified atom stereocenters. The summed E-state index contributed by atoms with van der Waals surface area (Å²) in [7, 11) is 1.61. The minimum atomic E-state index is -0.530. The van der Waals surface area contributed by atoms with Crippen molar-refractivity contribution < 1.29 is 14.6 Å². The molecule has 0 saturated heterocycles. The molecule has 0 heterocycles. The fraction of sp³-hybridized carbons (Fsp3) is 0.350. The number of aliphatic hydroxyl groups is 1. The lowest BCUT2D eigenvalue weighted by Crippen LogP contribution is -2.41. The maximum absolute atomic E-state index is 12.3. The number of hydrogen-bond acceptors (Lipinski definition) is 3. The van der Waals surface area contributed by atoms with Crippen molar-refractivity contribution in [2.75, 3.05) is 13.7 Å². The zero-order valence-corrected chi connectivity index (χ0v) is 14.7. The van der Waals surface area contributed by atoms with Gasteiger partial charge in [-0.15, -0.1) is 0 Å². The van der Waals surface area contributed by atoms with Gasteiger partial charge in [-0.3, -0.25) is 0 Å². The van der Waals surface area contributed by atoms with Crippen molar-refractivity contribution in [3.63, 3.8) is 0 Å². The standard InChI is InChI=1S/C20H26N2O3/c1-3-9-16(23)14-21-20(24)22-19(15-10-5-4-6-11-15)17-12-7-8-13-18(17)25-2/h4-8,10-13,16,19,23H,3,9,14H2,1-2H3,(H2,21,22,24). The summed E-state index contributed by atoms with van der Waals surface area (Å²) < 4.78 is 5.45. The summed E-state index contributed by atoms with van der Waals surface area (Å²) in [5.41, 5.74) is 1.83. The van der Waals surface area contributed by atoms with Gasteiger partial charge < -0.3 is 20.5 Å². The average molecular weight is 342 g/mol. The van der Waals surface area contributed by atoms with Gasteiger partial charge in [0, 0.05) is 12.1 Å². The van der Waals surface area contributed by atoms with Gasteiger partial charge >= 0.3 is 6.03 Å². The molecular weight excluding hydrogens is 316 g/mol. The van der Waals surface area contributed by atoms with Crippen LogP contribution in [0.5, 0.6) is 5.75 Å². The molecule has 0 bridgehead atoms. The van der Waals surface area contributed by atoms with E-state index in [0.717, 1.165) is 17.5 Å². The van der Waals surface area contributed by atoms with Gasteiger partial charge in [0.1, 0.15) is 5.75 Å². The summed E-state index contributed by atoms with van der Waals surface area (Å²) in [6, 6.07) is 16.7. The molecule has 2 aromatic carbocycles. The Morgan fingerprint density at radius 3 is 2.48 bits per heavy atom. The van der Waals surface area contributed by atoms with E-state index in [1.807, 2.05) is 61.5 Å². The highest BCUT2D eigenvalue weighted by Gasteiger charge is 2.20. The molecule has 3 N–H and O–H groups in total. The SMILES string of the molecule is CCCC(O)CNC(=O)NC(c1ccccc1)c1ccccc1OC. The van der Waals surface area contributed by atoms with E-state index in [-0.39, 0.29) is 18.6 Å². The van der Waals surface area contributed by atoms with Crippen molar-refractivity contribution in [2.24, 2.45) is 0 Å². The molecule has 0 aliphatic heterocycles. The molecule has 2 rings (SSSR count). The maximum atomic E-state index is 12.3. The molecular formula is C20H26N2O3. The van der Waals surface area contributed by atoms with Crippen LogP contribution in [0, 0.1) is 0 Å². The number of nitrogens with one attached hydrogen (secondary N) is 2. The molecule has 0 radical (unpaired) electrons. The van der Waals surface area contributed by atoms with Crippen LogP contribution in [-0.4, -0.2) is 30.9 Å². The summed E-state index contributed by atoms with van der Waals surface area (Å²) >= 11 is 0. The number of aliphatic hydroxyl groups excluding tert-OH is 1. The summed E-state index contributed by atoms with van der Waals surface area (Å²) in [5, 5.41) is 15.5. The first-order valence-electron chi connectivity index (χ1n) is 8.56. The molecule has 0 spiro atoms. The Kier molecular flexibility index (Phi) is 7.29. The Balaban J connectivity index is 2.17. The molecule has 2 amide bonds. The Labute approximate surface area is 149 Å². The highest BCUT2D eigenvalue weighted by molar-refractivity contribution is 5.75. The number of carbonyl (C=O) groups excluding carboxylic acids is 1. The van der Waals surface area contributed by atoms with Crippen LogP contribution >= 0.6 is 0 Å². The molecule has 134 valence electrons. The van der Waals surface area contributed by atoms with Crippen molar-refractivity contribution in [1.29, 1.82) is 0 Å². The van der Waals surface area contributed by atoms with Gasteiger partial charge in [-0.2, -0.15) is 0 Å². The van der Waals surface area contributed by atoms with Crippen LogP contribution in [0.2, 0.25) is 0 Å². The van der Waals surface area contributed by atoms with Crippen molar-refractivity contribution in [3.8, 4) is 5.75 Å². The summed E-state index contributed by atoms with van der Waals surface area (Å²) in [6.45, 7) is 2.23. The minimum absolute atomic E-state index is 0.229. The largest absolute Gasteiger partial charge is 0.496 e. The van der Waals surface area contributed by atoms with Crippen LogP contribution in [0.15, 0.2) is 54.6 Å². The fourth-order valence-electron chi connectivity index (χ4n) is 2.72. The zero-order valence-electron chi connectivity index (χ0n) is 14.7. The molecule has 2 atom stereocenters. The van der Waals surface area contributed by atoms with Crippen molar-refractivity contribution in [2.45, 2.75) is 31.9 Å². The molecule has 2 aromatic rings. The lowest BCUT2D eigenvalue weighted by molar-refractivity contribution is 0.160. The third-order valence-corrected chi connectivity index (χ3v) is 3.98. The third kappa shape index (κ3) is 5.50. The smallest absolute Gasteiger partial charge is 0.315 e. The first-order chi connectivity index (χ1) is 12.2. The van der Waals surface area contributed by atoms with Gasteiger partial charge in [-0.1, -0.05) is 61.9 Å². The van der Waals surface area contributed by atoms with Crippen LogP contribution in [0.1, 0.15) is 36.9 Å². The quantitative estimate of drug-likeness (QED) is 0.690. The van der Waals surface area contributed by atoms with E-state index in [2.05, 4.69) is 10.6 Å². The summed E-state index contributed by atoms with van der Waals surface area (Å²) in [5.74, 6) is 0.711. The van der Waals surface area contributed by atoms with Gasteiger partial charge in [0.15, 0.2) is 0 Å². The number of urea groups is 1. The number of carbonyl (C=O) groups is 1. The predicted molar refractivity (Wildman–Crippen MR) is 98.7 cm³/mol. The molecule has 5 nitrogen and oxygen atoms in total. The van der Waals surface area contributed by atoms with E-state index >= 15 is 0 Å². The first kappa shape index (κ1) is 18.8. The Morgan fingerprint density at radius 2 is 1.80 bits per heavy atom.